The number of hydrogen-bond acceptors (Lipinski definition) is 7. The first-order chi connectivity index (χ1) is 16.0. The summed E-state index contributed by atoms with van der Waals surface area (Å²) in [6.45, 7) is 5.97. The second kappa shape index (κ2) is 10.5. The molecule has 0 radical (unpaired) electrons. The Balaban J connectivity index is 1.36. The molecule has 1 aliphatic heterocycles. The highest BCUT2D eigenvalue weighted by atomic mass is 16.5. The summed E-state index contributed by atoms with van der Waals surface area (Å²) in [5.74, 6) is 2.43. The molecule has 4 rings (SSSR count). The number of para-hydroxylation sites is 2. The minimum absolute atomic E-state index is 0.00366. The number of amides is 1. The molecule has 33 heavy (non-hydrogen) atoms. The van der Waals surface area contributed by atoms with Gasteiger partial charge in [-0.15, -0.1) is 0 Å². The average molecular weight is 451 g/mol. The zero-order valence-electron chi connectivity index (χ0n) is 19.3. The maximum Gasteiger partial charge on any atom is 0.241 e. The summed E-state index contributed by atoms with van der Waals surface area (Å²) in [7, 11) is 1.63. The Labute approximate surface area is 193 Å². The van der Waals surface area contributed by atoms with Gasteiger partial charge in [-0.2, -0.15) is 4.98 Å². The summed E-state index contributed by atoms with van der Waals surface area (Å²) in [5.41, 5.74) is 1.57. The van der Waals surface area contributed by atoms with Crippen LogP contribution >= 0.6 is 0 Å². The lowest BCUT2D eigenvalue weighted by molar-refractivity contribution is -0.121. The van der Waals surface area contributed by atoms with Crippen molar-refractivity contribution in [2.45, 2.75) is 39.3 Å². The highest BCUT2D eigenvalue weighted by molar-refractivity contribution is 5.94. The van der Waals surface area contributed by atoms with Gasteiger partial charge in [0.15, 0.2) is 0 Å². The molecule has 1 amide bonds. The van der Waals surface area contributed by atoms with Crippen LogP contribution in [0.2, 0.25) is 0 Å². The summed E-state index contributed by atoms with van der Waals surface area (Å²) in [6, 6.07) is 15.1. The zero-order valence-corrected chi connectivity index (χ0v) is 19.3. The molecule has 1 N–H and O–H groups in total. The third-order valence-electron chi connectivity index (χ3n) is 5.56. The number of ether oxygens (including phenoxy) is 2. The average Bonchev–Trinajstić information content (AvgIpc) is 3.28. The largest absolute Gasteiger partial charge is 0.497 e. The maximum atomic E-state index is 13.0. The quantitative estimate of drug-likeness (QED) is 0.545. The van der Waals surface area contributed by atoms with E-state index >= 15 is 0 Å². The summed E-state index contributed by atoms with van der Waals surface area (Å²) in [5, 5.41) is 7.16. The number of benzene rings is 2. The normalized spacial score (nSPS) is 16.5. The van der Waals surface area contributed by atoms with Crippen LogP contribution in [0.25, 0.3) is 11.4 Å². The standard InChI is InChI=1S/C25H30N4O4/c1-17(2)32-22-9-5-4-8-21(22)26-25(30)19-7-6-14-29(15-19)16-23-27-24(28-33-23)18-10-12-20(31-3)13-11-18/h4-5,8-13,17,19H,6-7,14-16H2,1-3H3,(H,26,30). The number of carbonyl (C=O) groups excluding carboxylic acids is 1. The van der Waals surface area contributed by atoms with Gasteiger partial charge in [0.2, 0.25) is 17.6 Å². The van der Waals surface area contributed by atoms with Gasteiger partial charge in [0.1, 0.15) is 11.5 Å². The monoisotopic (exact) mass is 450 g/mol. The molecule has 1 atom stereocenters. The fraction of sp³-hybridized carbons (Fsp3) is 0.400. The fourth-order valence-corrected chi connectivity index (χ4v) is 3.94. The minimum Gasteiger partial charge on any atom is -0.497 e. The molecule has 2 aromatic carbocycles. The van der Waals surface area contributed by atoms with Crippen molar-refractivity contribution in [2.75, 3.05) is 25.5 Å². The predicted octanol–water partition coefficient (Wildman–Crippen LogP) is 4.38. The number of rotatable bonds is 8. The van der Waals surface area contributed by atoms with E-state index in [1.807, 2.05) is 62.4 Å². The number of nitrogens with one attached hydrogen (secondary N) is 1. The summed E-state index contributed by atoms with van der Waals surface area (Å²) >= 11 is 0. The van der Waals surface area contributed by atoms with E-state index in [9.17, 15) is 4.79 Å². The van der Waals surface area contributed by atoms with Crippen molar-refractivity contribution in [2.24, 2.45) is 5.92 Å². The van der Waals surface area contributed by atoms with Crippen LogP contribution in [-0.2, 0) is 11.3 Å². The topological polar surface area (TPSA) is 89.7 Å². The molecule has 1 fully saturated rings. The van der Waals surface area contributed by atoms with E-state index in [0.29, 0.717) is 36.2 Å². The molecule has 8 heteroatoms. The second-order valence-electron chi connectivity index (χ2n) is 8.47. The Morgan fingerprint density at radius 2 is 2.00 bits per heavy atom. The first kappa shape index (κ1) is 22.8. The van der Waals surface area contributed by atoms with E-state index in [2.05, 4.69) is 20.4 Å². The van der Waals surface area contributed by atoms with Crippen LogP contribution in [0.15, 0.2) is 53.1 Å². The lowest BCUT2D eigenvalue weighted by atomic mass is 9.97. The molecular weight excluding hydrogens is 420 g/mol. The van der Waals surface area contributed by atoms with E-state index < -0.39 is 0 Å². The van der Waals surface area contributed by atoms with Crippen molar-refractivity contribution in [3.63, 3.8) is 0 Å². The van der Waals surface area contributed by atoms with Crippen molar-refractivity contribution in [1.29, 1.82) is 0 Å². The maximum absolute atomic E-state index is 13.0. The van der Waals surface area contributed by atoms with E-state index in [-0.39, 0.29) is 17.9 Å². The Morgan fingerprint density at radius 1 is 1.21 bits per heavy atom. The molecule has 1 saturated heterocycles. The number of methoxy groups -OCH3 is 1. The Kier molecular flexibility index (Phi) is 7.24. The molecule has 0 aliphatic carbocycles. The van der Waals surface area contributed by atoms with Crippen molar-refractivity contribution >= 4 is 11.6 Å². The SMILES string of the molecule is COc1ccc(-c2noc(CN3CCCC(C(=O)Nc4ccccc4OC(C)C)C3)n2)cc1. The van der Waals surface area contributed by atoms with Gasteiger partial charge in [-0.05, 0) is 69.6 Å². The van der Waals surface area contributed by atoms with E-state index in [0.717, 1.165) is 30.7 Å². The number of anilines is 1. The number of nitrogens with zero attached hydrogens (tertiary/aromatic N) is 3. The van der Waals surface area contributed by atoms with Crippen LogP contribution in [0.4, 0.5) is 5.69 Å². The van der Waals surface area contributed by atoms with Crippen LogP contribution in [0.1, 0.15) is 32.6 Å². The van der Waals surface area contributed by atoms with E-state index in [1.54, 1.807) is 7.11 Å². The smallest absolute Gasteiger partial charge is 0.241 e. The first-order valence-electron chi connectivity index (χ1n) is 11.3. The fourth-order valence-electron chi connectivity index (χ4n) is 3.94. The van der Waals surface area contributed by atoms with Crippen molar-refractivity contribution in [1.82, 2.24) is 15.0 Å². The zero-order chi connectivity index (χ0) is 23.2. The molecule has 3 aromatic rings. The molecule has 2 heterocycles. The molecule has 8 nitrogen and oxygen atoms in total. The van der Waals surface area contributed by atoms with Crippen molar-refractivity contribution in [3.05, 3.63) is 54.4 Å². The molecular formula is C25H30N4O4. The lowest BCUT2D eigenvalue weighted by Gasteiger charge is -2.31. The van der Waals surface area contributed by atoms with Crippen LogP contribution in [0.5, 0.6) is 11.5 Å². The predicted molar refractivity (Wildman–Crippen MR) is 125 cm³/mol. The minimum atomic E-state index is -0.116. The van der Waals surface area contributed by atoms with Gasteiger partial charge in [-0.1, -0.05) is 17.3 Å². The second-order valence-corrected chi connectivity index (χ2v) is 8.47. The van der Waals surface area contributed by atoms with Crippen LogP contribution in [-0.4, -0.2) is 47.3 Å². The lowest BCUT2D eigenvalue weighted by Crippen LogP contribution is -2.40. The van der Waals surface area contributed by atoms with Crippen LogP contribution < -0.4 is 14.8 Å². The summed E-state index contributed by atoms with van der Waals surface area (Å²) in [4.78, 5) is 19.7. The first-order valence-corrected chi connectivity index (χ1v) is 11.3. The molecule has 1 unspecified atom stereocenters. The molecule has 174 valence electrons. The Hall–Kier alpha value is -3.39. The Morgan fingerprint density at radius 3 is 2.76 bits per heavy atom. The molecule has 0 saturated carbocycles. The van der Waals surface area contributed by atoms with Crippen LogP contribution in [0.3, 0.4) is 0 Å². The highest BCUT2D eigenvalue weighted by Crippen LogP contribution is 2.27. The van der Waals surface area contributed by atoms with Gasteiger partial charge in [-0.3, -0.25) is 9.69 Å². The van der Waals surface area contributed by atoms with Gasteiger partial charge in [0.25, 0.3) is 0 Å². The molecule has 0 spiro atoms. The van der Waals surface area contributed by atoms with Crippen molar-refractivity contribution in [3.8, 4) is 22.9 Å². The van der Waals surface area contributed by atoms with Gasteiger partial charge in [-0.25, -0.2) is 0 Å². The number of piperidine rings is 1. The van der Waals surface area contributed by atoms with E-state index in [4.69, 9.17) is 14.0 Å². The number of likely N-dealkylation sites (tertiary alicyclic amines) is 1. The molecule has 0 bridgehead atoms. The third kappa shape index (κ3) is 5.90. The highest BCUT2D eigenvalue weighted by Gasteiger charge is 2.27. The molecule has 1 aliphatic rings. The van der Waals surface area contributed by atoms with Crippen LogP contribution in [0, 0.1) is 5.92 Å². The summed E-state index contributed by atoms with van der Waals surface area (Å²) < 4.78 is 16.5. The number of hydrogen-bond donors (Lipinski definition) is 1. The van der Waals surface area contributed by atoms with Gasteiger partial charge in [0, 0.05) is 12.1 Å². The third-order valence-corrected chi connectivity index (χ3v) is 5.56. The number of carbonyl (C=O) groups is 1. The number of aromatic nitrogens is 2. The van der Waals surface area contributed by atoms with E-state index in [1.165, 1.54) is 0 Å². The summed E-state index contributed by atoms with van der Waals surface area (Å²) in [6.07, 6.45) is 1.81. The van der Waals surface area contributed by atoms with Gasteiger partial charge < -0.3 is 19.3 Å². The molecule has 1 aromatic heterocycles. The van der Waals surface area contributed by atoms with Gasteiger partial charge >= 0.3 is 0 Å². The Bertz CT molecular complexity index is 1060. The van der Waals surface area contributed by atoms with Gasteiger partial charge in [0.05, 0.1) is 31.4 Å². The van der Waals surface area contributed by atoms with Crippen molar-refractivity contribution < 1.29 is 18.8 Å².